The van der Waals surface area contributed by atoms with Crippen LogP contribution in [0.5, 0.6) is 0 Å². The van der Waals surface area contributed by atoms with Crippen LogP contribution in [-0.2, 0) is 0 Å². The highest BCUT2D eigenvalue weighted by Crippen LogP contribution is 2.40. The van der Waals surface area contributed by atoms with Crippen LogP contribution in [0.2, 0.25) is 0 Å². The van der Waals surface area contributed by atoms with E-state index in [2.05, 4.69) is 13.8 Å². The van der Waals surface area contributed by atoms with E-state index >= 15 is 0 Å². The van der Waals surface area contributed by atoms with E-state index in [0.29, 0.717) is 63.3 Å². The Morgan fingerprint density at radius 1 is 0.382 bits per heavy atom. The maximum absolute atomic E-state index is 13.0. The topological polar surface area (TPSA) is 52.3 Å². The quantitative estimate of drug-likeness (QED) is 0.142. The summed E-state index contributed by atoms with van der Waals surface area (Å²) in [6.07, 6.45) is 0.920. The Labute approximate surface area is 543 Å². The molecule has 472 valence electrons. The second kappa shape index (κ2) is 28.8. The molecule has 0 spiro atoms. The Bertz CT molecular complexity index is 4410. The number of aryl methyl sites for hydroxylation is 8. The van der Waals surface area contributed by atoms with Crippen molar-refractivity contribution in [1.29, 1.82) is 0 Å². The van der Waals surface area contributed by atoms with Gasteiger partial charge in [-0.25, -0.2) is 44.5 Å². The lowest BCUT2D eigenvalue weighted by Gasteiger charge is -1.81. The van der Waals surface area contributed by atoms with Crippen molar-refractivity contribution in [3.8, 4) is 0 Å². The number of nitrogens with zero attached hydrogens (tertiary/aromatic N) is 1. The van der Waals surface area contributed by atoms with E-state index < -0.39 is 68.3 Å². The highest BCUT2D eigenvalue weighted by Gasteiger charge is 2.20. The zero-order chi connectivity index (χ0) is 64.1. The van der Waals surface area contributed by atoms with Gasteiger partial charge in [-0.15, -0.1) is 113 Å². The van der Waals surface area contributed by atoms with Crippen LogP contribution in [0.25, 0.3) is 78.0 Å². The van der Waals surface area contributed by atoms with Gasteiger partial charge in [0.25, 0.3) is 11.3 Å². The molecule has 16 aromatic rings. The zero-order valence-corrected chi connectivity index (χ0v) is 55.7. The minimum absolute atomic E-state index is 0. The number of aromatic nitrogens is 1. The van der Waals surface area contributed by atoms with Gasteiger partial charge in [0.2, 0.25) is 16.1 Å². The molecule has 0 radical (unpaired) electrons. The third kappa shape index (κ3) is 15.2. The van der Waals surface area contributed by atoms with Crippen LogP contribution in [0.15, 0.2) is 55.2 Å². The Morgan fingerprint density at radius 3 is 1.54 bits per heavy atom. The smallest absolute Gasteiger partial charge is 0.316 e. The van der Waals surface area contributed by atoms with E-state index in [1.807, 2.05) is 20.8 Å². The van der Waals surface area contributed by atoms with E-state index in [1.54, 1.807) is 52.8 Å². The Balaban J connectivity index is 0.000000131. The SMILES string of the molecule is C.Cc1cc2c(F)c(F)oc2s1.Cc1cc2c(F)c(F)sc2s1.Cc1cc2sc(F)c(F)c2s1.Cc1sc2oc(F)cc2c1F.Cc1sc2occ(F)c2c1F.Cc1sc2sc(F)cc2c1F.Cc1sc2sc(F)nc2c1F.Cc1sc2scc(F)c2c1F. The molecule has 0 N–H and O–H groups in total. The Morgan fingerprint density at radius 2 is 0.910 bits per heavy atom. The highest BCUT2D eigenvalue weighted by atomic mass is 32.2. The molecule has 16 aromatic heterocycles. The minimum atomic E-state index is -1.12. The summed E-state index contributed by atoms with van der Waals surface area (Å²) >= 11 is 14.9. The molecule has 4 nitrogen and oxygen atoms in total. The maximum Gasteiger partial charge on any atom is 0.316 e. The largest absolute Gasteiger partial charge is 0.450 e. The van der Waals surface area contributed by atoms with E-state index in [9.17, 15) is 70.2 Å². The first-order valence-electron chi connectivity index (χ1n) is 24.0. The second-order valence-electron chi connectivity index (χ2n) is 17.7. The molecular weight excluding hydrogens is 1460 g/mol. The lowest BCUT2D eigenvalue weighted by Crippen LogP contribution is -1.73. The molecular formula is C56H35F16NO3S13. The molecule has 0 aliphatic carbocycles. The van der Waals surface area contributed by atoms with Crippen molar-refractivity contribution in [2.45, 2.75) is 62.8 Å². The fourth-order valence-electron chi connectivity index (χ4n) is 7.49. The normalized spacial score (nSPS) is 11.1. The number of hydrogen-bond acceptors (Lipinski definition) is 17. The molecule has 0 unspecified atom stereocenters. The van der Waals surface area contributed by atoms with Gasteiger partial charge in [-0.05, 0) is 79.7 Å². The van der Waals surface area contributed by atoms with Crippen LogP contribution in [-0.4, -0.2) is 4.98 Å². The van der Waals surface area contributed by atoms with Crippen LogP contribution in [0.4, 0.5) is 70.2 Å². The van der Waals surface area contributed by atoms with Crippen LogP contribution in [0.1, 0.15) is 46.4 Å². The highest BCUT2D eigenvalue weighted by molar-refractivity contribution is 7.39. The van der Waals surface area contributed by atoms with Crippen molar-refractivity contribution in [1.82, 2.24) is 4.98 Å². The standard InChI is InChI=1S/3C7H4F2OS.4C7H4F2S2.C6H3F2NS2.CH4/c1-3-6(9)5-4(8)2-10-7(5)11-3;1-3-6(9)4-2-5(8)10-7(4)11-3;1-3-2-4-5(8)6(9)10-7(4)11-3;1-3-6(9)5-4(8)2-10-7(5)11-3;1-3-6(9)4-2-5(8)11-7(4)10-3;1-3-2-4-6(10-3)5(8)7(9)11-4;1-3-2-4-5(8)6(9)11-7(4)10-3;1-2-3(7)4-5(10-2)11-6(8)9-4;/h7*2H,1H3;1H3;1H4. The van der Waals surface area contributed by atoms with Gasteiger partial charge in [-0.1, -0.05) is 41.4 Å². The van der Waals surface area contributed by atoms with Crippen molar-refractivity contribution in [2.75, 3.05) is 0 Å². The second-order valence-corrected chi connectivity index (χ2v) is 33.3. The van der Waals surface area contributed by atoms with E-state index in [0.717, 1.165) is 107 Å². The van der Waals surface area contributed by atoms with Gasteiger partial charge in [0, 0.05) is 61.2 Å². The van der Waals surface area contributed by atoms with Gasteiger partial charge in [0.05, 0.1) is 37.6 Å². The van der Waals surface area contributed by atoms with Gasteiger partial charge >= 0.3 is 6.01 Å². The van der Waals surface area contributed by atoms with Crippen molar-refractivity contribution in [3.05, 3.63) is 172 Å². The summed E-state index contributed by atoms with van der Waals surface area (Å²) < 4.78 is 221. The third-order valence-corrected chi connectivity index (χ3v) is 24.8. The first-order chi connectivity index (χ1) is 41.5. The Kier molecular flexibility index (Phi) is 22.5. The molecule has 16 heterocycles. The van der Waals surface area contributed by atoms with Gasteiger partial charge in [0.1, 0.15) is 44.4 Å². The van der Waals surface area contributed by atoms with Crippen molar-refractivity contribution in [2.24, 2.45) is 0 Å². The molecule has 89 heavy (non-hydrogen) atoms. The Hall–Kier alpha value is -5.17. The van der Waals surface area contributed by atoms with Gasteiger partial charge in [0.15, 0.2) is 48.9 Å². The van der Waals surface area contributed by atoms with Gasteiger partial charge in [-0.2, -0.15) is 30.7 Å². The number of rotatable bonds is 0. The average molecular weight is 1490 g/mol. The molecule has 0 aliphatic heterocycles. The maximum atomic E-state index is 13.0. The number of fused-ring (bicyclic) bond motifs is 8. The van der Waals surface area contributed by atoms with Crippen LogP contribution < -0.4 is 0 Å². The first kappa shape index (κ1) is 69.7. The summed E-state index contributed by atoms with van der Waals surface area (Å²) in [4.78, 5) is 10.1. The molecule has 16 rings (SSSR count). The molecule has 0 aliphatic rings. The summed E-state index contributed by atoms with van der Waals surface area (Å²) in [7, 11) is 0. The summed E-state index contributed by atoms with van der Waals surface area (Å²) in [5, 5.41) is 0.529. The molecule has 33 heteroatoms. The number of thiazole rings is 1. The lowest BCUT2D eigenvalue weighted by molar-refractivity contribution is 0.344. The summed E-state index contributed by atoms with van der Waals surface area (Å²) in [5.74, 6) is -5.27. The number of furan rings is 3. The number of halogens is 16. The lowest BCUT2D eigenvalue weighted by atomic mass is 10.3. The van der Waals surface area contributed by atoms with Crippen molar-refractivity contribution in [3.63, 3.8) is 0 Å². The predicted molar refractivity (Wildman–Crippen MR) is 343 cm³/mol. The minimum Gasteiger partial charge on any atom is -0.450 e. The van der Waals surface area contributed by atoms with E-state index in [-0.39, 0.29) is 57.1 Å². The number of hydrogen-bond donors (Lipinski definition) is 0. The van der Waals surface area contributed by atoms with Crippen LogP contribution >= 0.6 is 147 Å². The fourth-order valence-corrected chi connectivity index (χ4v) is 20.4. The van der Waals surface area contributed by atoms with Crippen molar-refractivity contribution >= 4 is 225 Å². The third-order valence-electron chi connectivity index (χ3n) is 11.4. The summed E-state index contributed by atoms with van der Waals surface area (Å²) in [6.45, 7) is 13.8. The average Bonchev–Trinajstić information content (AvgIpc) is 2.08. The summed E-state index contributed by atoms with van der Waals surface area (Å²) in [6, 6.07) is 5.51. The monoisotopic (exact) mass is 1490 g/mol. The molecule has 0 fully saturated rings. The first-order valence-corrected chi connectivity index (χ1v) is 34.7. The number of thiophene rings is 12. The predicted octanol–water partition coefficient (Wildman–Crippen LogP) is 27.0. The van der Waals surface area contributed by atoms with Crippen LogP contribution in [0, 0.1) is 146 Å². The van der Waals surface area contributed by atoms with Crippen LogP contribution in [0.3, 0.4) is 0 Å². The molecule has 0 saturated heterocycles. The van der Waals surface area contributed by atoms with Gasteiger partial charge < -0.3 is 13.3 Å². The molecule has 0 bridgehead atoms. The van der Waals surface area contributed by atoms with E-state index in [4.69, 9.17) is 4.42 Å². The molecule has 0 atom stereocenters. The molecule has 0 saturated carbocycles. The van der Waals surface area contributed by atoms with E-state index in [1.165, 1.54) is 90.8 Å². The molecule has 0 aromatic carbocycles. The summed E-state index contributed by atoms with van der Waals surface area (Å²) in [5.41, 5.74) is 0.176. The van der Waals surface area contributed by atoms with Gasteiger partial charge in [-0.3, -0.25) is 0 Å². The van der Waals surface area contributed by atoms with Crippen molar-refractivity contribution < 1.29 is 83.5 Å². The fraction of sp³-hybridized carbons (Fsp3) is 0.161. The zero-order valence-electron chi connectivity index (χ0n) is 45.1. The molecule has 0 amide bonds.